The van der Waals surface area contributed by atoms with Gasteiger partial charge in [0.2, 0.25) is 5.95 Å². The Hall–Kier alpha value is -2.58. The summed E-state index contributed by atoms with van der Waals surface area (Å²) in [4.78, 5) is 29.2. The number of thiophene rings is 1. The molecule has 4 rings (SSSR count). The fraction of sp³-hybridized carbons (Fsp3) is 0.429. The number of anilines is 1. The second kappa shape index (κ2) is 9.28. The second-order valence-corrected chi connectivity index (χ2v) is 8.04. The molecule has 0 saturated carbocycles. The molecule has 154 valence electrons. The van der Waals surface area contributed by atoms with Crippen LogP contribution in [0.25, 0.3) is 10.2 Å². The molecule has 0 bridgehead atoms. The number of likely N-dealkylation sites (tertiary alicyclic amines) is 1. The number of hydrogen-bond donors (Lipinski definition) is 2. The first-order valence-electron chi connectivity index (χ1n) is 9.94. The van der Waals surface area contributed by atoms with E-state index in [1.165, 1.54) is 11.3 Å². The van der Waals surface area contributed by atoms with E-state index in [1.807, 2.05) is 52.0 Å². The maximum Gasteiger partial charge on any atom is 0.274 e. The van der Waals surface area contributed by atoms with E-state index in [2.05, 4.69) is 20.3 Å². The van der Waals surface area contributed by atoms with Crippen molar-refractivity contribution in [2.75, 3.05) is 18.4 Å². The summed E-state index contributed by atoms with van der Waals surface area (Å²) in [5.41, 5.74) is 2.02. The molecule has 1 saturated heterocycles. The van der Waals surface area contributed by atoms with Crippen molar-refractivity contribution in [1.82, 2.24) is 19.9 Å². The Bertz CT molecular complexity index is 976. The average molecular weight is 414 g/mol. The molecular weight excluding hydrogens is 386 g/mol. The highest BCUT2D eigenvalue weighted by Gasteiger charge is 2.28. The molecule has 2 N–H and O–H groups in total. The van der Waals surface area contributed by atoms with Crippen LogP contribution >= 0.6 is 11.3 Å². The number of aliphatic hydroxyl groups excluding tert-OH is 1. The van der Waals surface area contributed by atoms with E-state index in [9.17, 15) is 9.90 Å². The van der Waals surface area contributed by atoms with Crippen LogP contribution in [0.3, 0.4) is 0 Å². The minimum absolute atomic E-state index is 0.0973. The number of aromatic nitrogens is 3. The quantitative estimate of drug-likeness (QED) is 0.676. The summed E-state index contributed by atoms with van der Waals surface area (Å²) in [7, 11) is 0. The van der Waals surface area contributed by atoms with Gasteiger partial charge in [-0.25, -0.2) is 9.97 Å². The van der Waals surface area contributed by atoms with Crippen LogP contribution in [0.15, 0.2) is 30.5 Å². The third-order valence-corrected chi connectivity index (χ3v) is 5.67. The van der Waals surface area contributed by atoms with Gasteiger partial charge in [-0.05, 0) is 38.5 Å². The van der Waals surface area contributed by atoms with E-state index in [-0.39, 0.29) is 11.9 Å². The maximum atomic E-state index is 13.0. The zero-order valence-corrected chi connectivity index (χ0v) is 18.0. The molecule has 0 aromatic carbocycles. The van der Waals surface area contributed by atoms with Gasteiger partial charge in [-0.1, -0.05) is 19.9 Å². The third-order valence-electron chi connectivity index (χ3n) is 4.62. The summed E-state index contributed by atoms with van der Waals surface area (Å²) in [6.07, 6.45) is 1.89. The lowest BCUT2D eigenvalue weighted by Crippen LogP contribution is -2.30. The fourth-order valence-electron chi connectivity index (χ4n) is 3.23. The second-order valence-electron chi connectivity index (χ2n) is 6.78. The van der Waals surface area contributed by atoms with E-state index in [1.54, 1.807) is 11.1 Å². The fourth-order valence-corrected chi connectivity index (χ4v) is 4.17. The van der Waals surface area contributed by atoms with Crippen LogP contribution in [0.2, 0.25) is 0 Å². The number of aliphatic hydroxyl groups is 1. The Morgan fingerprint density at radius 3 is 2.79 bits per heavy atom. The van der Waals surface area contributed by atoms with Crippen molar-refractivity contribution < 1.29 is 9.90 Å². The number of fused-ring (bicyclic) bond motifs is 1. The minimum atomic E-state index is -0.460. The molecule has 1 fully saturated rings. The molecular formula is C21H27N5O2S. The third kappa shape index (κ3) is 4.71. The largest absolute Gasteiger partial charge is 0.391 e. The zero-order chi connectivity index (χ0) is 21.0. The Morgan fingerprint density at radius 1 is 1.34 bits per heavy atom. The first kappa shape index (κ1) is 21.1. The Morgan fingerprint density at radius 2 is 2.14 bits per heavy atom. The van der Waals surface area contributed by atoms with Crippen molar-refractivity contribution in [3.63, 3.8) is 0 Å². The lowest BCUT2D eigenvalue weighted by Gasteiger charge is -2.17. The number of rotatable bonds is 4. The number of nitrogens with zero attached hydrogens (tertiary/aromatic N) is 4. The van der Waals surface area contributed by atoms with E-state index in [0.29, 0.717) is 31.2 Å². The van der Waals surface area contributed by atoms with Gasteiger partial charge in [0.15, 0.2) is 5.69 Å². The van der Waals surface area contributed by atoms with E-state index in [4.69, 9.17) is 0 Å². The SMILES string of the molecule is CC.Cc1cc2nc(N[C@@H](C)c3ccccn3)nc(C(=O)N3CC[C@@H](O)C3)c2s1. The van der Waals surface area contributed by atoms with Gasteiger partial charge >= 0.3 is 0 Å². The van der Waals surface area contributed by atoms with Crippen LogP contribution in [0.5, 0.6) is 0 Å². The van der Waals surface area contributed by atoms with Crippen molar-refractivity contribution in [3.05, 3.63) is 46.7 Å². The van der Waals surface area contributed by atoms with Gasteiger partial charge in [0.25, 0.3) is 5.91 Å². The molecule has 2 atom stereocenters. The van der Waals surface area contributed by atoms with Gasteiger partial charge < -0.3 is 15.3 Å². The lowest BCUT2D eigenvalue weighted by molar-refractivity contribution is 0.0761. The molecule has 3 aromatic rings. The molecule has 29 heavy (non-hydrogen) atoms. The molecule has 1 amide bonds. The Balaban J connectivity index is 0.00000117. The lowest BCUT2D eigenvalue weighted by atomic mass is 10.2. The Labute approximate surface area is 174 Å². The topological polar surface area (TPSA) is 91.2 Å². The van der Waals surface area contributed by atoms with Gasteiger partial charge in [0, 0.05) is 24.2 Å². The minimum Gasteiger partial charge on any atom is -0.391 e. The summed E-state index contributed by atoms with van der Waals surface area (Å²) >= 11 is 1.52. The first-order valence-corrected chi connectivity index (χ1v) is 10.8. The number of β-amino-alcohol motifs (C(OH)–C–C–N with tert-alkyl or cyclic N) is 1. The monoisotopic (exact) mass is 413 g/mol. The molecule has 0 spiro atoms. The molecule has 0 unspecified atom stereocenters. The summed E-state index contributed by atoms with van der Waals surface area (Å²) < 4.78 is 0.787. The predicted molar refractivity (Wildman–Crippen MR) is 116 cm³/mol. The van der Waals surface area contributed by atoms with Crippen LogP contribution in [-0.2, 0) is 0 Å². The molecule has 8 heteroatoms. The summed E-state index contributed by atoms with van der Waals surface area (Å²) in [6.45, 7) is 8.86. The first-order chi connectivity index (χ1) is 14.0. The smallest absolute Gasteiger partial charge is 0.274 e. The van der Waals surface area contributed by atoms with Crippen LogP contribution in [-0.4, -0.2) is 50.1 Å². The summed E-state index contributed by atoms with van der Waals surface area (Å²) in [6, 6.07) is 7.60. The molecule has 0 radical (unpaired) electrons. The zero-order valence-electron chi connectivity index (χ0n) is 17.2. The van der Waals surface area contributed by atoms with Gasteiger partial charge in [0.05, 0.1) is 28.1 Å². The van der Waals surface area contributed by atoms with Crippen molar-refractivity contribution in [2.24, 2.45) is 0 Å². The highest BCUT2D eigenvalue weighted by molar-refractivity contribution is 7.19. The van der Waals surface area contributed by atoms with Crippen LogP contribution in [0.1, 0.15) is 54.3 Å². The number of pyridine rings is 1. The number of nitrogens with one attached hydrogen (secondary N) is 1. The molecule has 7 nitrogen and oxygen atoms in total. The standard InChI is InChI=1S/C19H21N5O2S.C2H6/c1-11-9-15-17(27-11)16(18(26)24-8-6-13(25)10-24)23-19(22-15)21-12(2)14-5-3-4-7-20-14;1-2/h3-5,7,9,12-13,25H,6,8,10H2,1-2H3,(H,21,22,23);1-2H3/t12-,13+;/m0./s1. The van der Waals surface area contributed by atoms with Crippen LogP contribution < -0.4 is 5.32 Å². The maximum absolute atomic E-state index is 13.0. The average Bonchev–Trinajstić information content (AvgIpc) is 3.33. The molecule has 3 aromatic heterocycles. The Kier molecular flexibility index (Phi) is 6.76. The number of aryl methyl sites for hydroxylation is 1. The van der Waals surface area contributed by atoms with Crippen LogP contribution in [0, 0.1) is 6.92 Å². The van der Waals surface area contributed by atoms with Crippen molar-refractivity contribution in [1.29, 1.82) is 0 Å². The van der Waals surface area contributed by atoms with Crippen molar-refractivity contribution in [3.8, 4) is 0 Å². The number of hydrogen-bond acceptors (Lipinski definition) is 7. The van der Waals surface area contributed by atoms with Gasteiger partial charge in [-0.2, -0.15) is 0 Å². The number of carbonyl (C=O) groups excluding carboxylic acids is 1. The van der Waals surface area contributed by atoms with Gasteiger partial charge in [0.1, 0.15) is 0 Å². The predicted octanol–water partition coefficient (Wildman–Crippen LogP) is 3.80. The van der Waals surface area contributed by atoms with Crippen LogP contribution in [0.4, 0.5) is 5.95 Å². The van der Waals surface area contributed by atoms with E-state index >= 15 is 0 Å². The highest BCUT2D eigenvalue weighted by atomic mass is 32.1. The molecule has 4 heterocycles. The van der Waals surface area contributed by atoms with Gasteiger partial charge in [-0.15, -0.1) is 11.3 Å². The summed E-state index contributed by atoms with van der Waals surface area (Å²) in [5, 5.41) is 13.0. The molecule has 1 aliphatic rings. The van der Waals surface area contributed by atoms with E-state index < -0.39 is 6.10 Å². The van der Waals surface area contributed by atoms with Crippen molar-refractivity contribution in [2.45, 2.75) is 46.3 Å². The molecule has 0 aliphatic carbocycles. The highest BCUT2D eigenvalue weighted by Crippen LogP contribution is 2.29. The van der Waals surface area contributed by atoms with E-state index in [0.717, 1.165) is 20.8 Å². The normalized spacial score (nSPS) is 17.0. The number of amides is 1. The number of carbonyl (C=O) groups is 1. The van der Waals surface area contributed by atoms with Crippen molar-refractivity contribution >= 4 is 33.4 Å². The van der Waals surface area contributed by atoms with Gasteiger partial charge in [-0.3, -0.25) is 9.78 Å². The summed E-state index contributed by atoms with van der Waals surface area (Å²) in [5.74, 6) is 0.246. The molecule has 1 aliphatic heterocycles.